The minimum atomic E-state index is -0.443. The molecule has 0 N–H and O–H groups in total. The summed E-state index contributed by atoms with van der Waals surface area (Å²) in [4.78, 5) is 29.9. The molecular formula is C21H24FN3O3. The highest BCUT2D eigenvalue weighted by Crippen LogP contribution is 2.28. The van der Waals surface area contributed by atoms with E-state index in [-0.39, 0.29) is 18.4 Å². The predicted octanol–water partition coefficient (Wildman–Crippen LogP) is 2.54. The summed E-state index contributed by atoms with van der Waals surface area (Å²) in [7, 11) is 1.64. The molecule has 0 spiro atoms. The third-order valence-corrected chi connectivity index (χ3v) is 4.85. The Balaban J connectivity index is 1.63. The predicted molar refractivity (Wildman–Crippen MR) is 106 cm³/mol. The van der Waals surface area contributed by atoms with Gasteiger partial charge in [-0.2, -0.15) is 0 Å². The summed E-state index contributed by atoms with van der Waals surface area (Å²) in [6, 6.07) is 13.5. The van der Waals surface area contributed by atoms with Crippen molar-refractivity contribution in [2.24, 2.45) is 0 Å². The van der Waals surface area contributed by atoms with Gasteiger partial charge in [0.05, 0.1) is 12.8 Å². The molecule has 28 heavy (non-hydrogen) atoms. The first-order valence-corrected chi connectivity index (χ1v) is 9.19. The van der Waals surface area contributed by atoms with Crippen molar-refractivity contribution in [1.29, 1.82) is 0 Å². The highest BCUT2D eigenvalue weighted by molar-refractivity contribution is 5.97. The van der Waals surface area contributed by atoms with E-state index in [0.29, 0.717) is 31.9 Å². The summed E-state index contributed by atoms with van der Waals surface area (Å²) in [5.41, 5.74) is 1.38. The van der Waals surface area contributed by atoms with Gasteiger partial charge in [-0.1, -0.05) is 18.2 Å². The number of para-hydroxylation sites is 2. The molecular weight excluding hydrogens is 361 g/mol. The van der Waals surface area contributed by atoms with Crippen LogP contribution in [0.25, 0.3) is 0 Å². The molecule has 148 valence electrons. The minimum absolute atomic E-state index is 0.104. The second-order valence-electron chi connectivity index (χ2n) is 6.62. The lowest BCUT2D eigenvalue weighted by molar-refractivity contribution is -0.131. The third-order valence-electron chi connectivity index (χ3n) is 4.85. The van der Waals surface area contributed by atoms with Crippen LogP contribution in [-0.2, 0) is 9.59 Å². The van der Waals surface area contributed by atoms with Crippen LogP contribution < -0.4 is 14.5 Å². The van der Waals surface area contributed by atoms with Gasteiger partial charge >= 0.3 is 0 Å². The van der Waals surface area contributed by atoms with Gasteiger partial charge in [0.1, 0.15) is 18.1 Å². The molecule has 2 amide bonds. The molecule has 3 rings (SSSR count). The number of hydrogen-bond acceptors (Lipinski definition) is 4. The minimum Gasteiger partial charge on any atom is -0.495 e. The first-order valence-electron chi connectivity index (χ1n) is 9.19. The lowest BCUT2D eigenvalue weighted by Gasteiger charge is -2.37. The van der Waals surface area contributed by atoms with Crippen molar-refractivity contribution >= 4 is 23.2 Å². The molecule has 0 atom stereocenters. The zero-order valence-electron chi connectivity index (χ0n) is 16.1. The summed E-state index contributed by atoms with van der Waals surface area (Å²) in [5.74, 6) is -0.0940. The smallest absolute Gasteiger partial charge is 0.242 e. The van der Waals surface area contributed by atoms with Crippen molar-refractivity contribution < 1.29 is 18.7 Å². The molecule has 0 aromatic heterocycles. The first-order chi connectivity index (χ1) is 13.5. The van der Waals surface area contributed by atoms with Crippen molar-refractivity contribution in [2.45, 2.75) is 6.92 Å². The zero-order valence-corrected chi connectivity index (χ0v) is 16.1. The number of methoxy groups -OCH3 is 1. The molecule has 2 aromatic carbocycles. The van der Waals surface area contributed by atoms with Gasteiger partial charge in [-0.3, -0.25) is 9.59 Å². The summed E-state index contributed by atoms with van der Waals surface area (Å²) < 4.78 is 18.9. The normalized spacial score (nSPS) is 14.0. The molecule has 7 heteroatoms. The number of carbonyl (C=O) groups is 2. The van der Waals surface area contributed by atoms with Gasteiger partial charge in [0.25, 0.3) is 0 Å². The summed E-state index contributed by atoms with van der Waals surface area (Å²) >= 11 is 0. The quantitative estimate of drug-likeness (QED) is 0.794. The van der Waals surface area contributed by atoms with Crippen LogP contribution in [0.3, 0.4) is 0 Å². The zero-order chi connectivity index (χ0) is 20.1. The molecule has 0 bridgehead atoms. The van der Waals surface area contributed by atoms with Crippen LogP contribution in [0.15, 0.2) is 48.5 Å². The van der Waals surface area contributed by atoms with Crippen LogP contribution in [-0.4, -0.2) is 56.5 Å². The molecule has 0 unspecified atom stereocenters. The van der Waals surface area contributed by atoms with E-state index in [1.54, 1.807) is 18.1 Å². The molecule has 0 saturated carbocycles. The largest absolute Gasteiger partial charge is 0.495 e. The number of ether oxygens (including phenoxy) is 1. The van der Waals surface area contributed by atoms with Crippen molar-refractivity contribution in [1.82, 2.24) is 4.90 Å². The van der Waals surface area contributed by atoms with Crippen LogP contribution in [0.2, 0.25) is 0 Å². The van der Waals surface area contributed by atoms with E-state index in [0.717, 1.165) is 11.4 Å². The Morgan fingerprint density at radius 1 is 1.07 bits per heavy atom. The lowest BCUT2D eigenvalue weighted by atomic mass is 10.2. The molecule has 1 aliphatic heterocycles. The second kappa shape index (κ2) is 8.73. The Labute approximate surface area is 164 Å². The lowest BCUT2D eigenvalue weighted by Crippen LogP contribution is -2.52. The number of anilines is 2. The van der Waals surface area contributed by atoms with Crippen LogP contribution in [0.1, 0.15) is 6.92 Å². The molecule has 6 nitrogen and oxygen atoms in total. The van der Waals surface area contributed by atoms with E-state index < -0.39 is 5.82 Å². The fourth-order valence-corrected chi connectivity index (χ4v) is 3.35. The Morgan fingerprint density at radius 2 is 1.79 bits per heavy atom. The highest BCUT2D eigenvalue weighted by atomic mass is 19.1. The maximum absolute atomic E-state index is 13.5. The second-order valence-corrected chi connectivity index (χ2v) is 6.62. The number of carbonyl (C=O) groups excluding carboxylic acids is 2. The number of amides is 2. The topological polar surface area (TPSA) is 53.1 Å². The van der Waals surface area contributed by atoms with Crippen LogP contribution in [0.5, 0.6) is 5.75 Å². The Bertz CT molecular complexity index is 850. The molecule has 2 aromatic rings. The average Bonchev–Trinajstić information content (AvgIpc) is 2.71. The first kappa shape index (κ1) is 19.7. The molecule has 1 aliphatic rings. The summed E-state index contributed by atoms with van der Waals surface area (Å²) in [6.07, 6.45) is 0. The number of nitrogens with zero attached hydrogens (tertiary/aromatic N) is 3. The Hall–Kier alpha value is -3.09. The van der Waals surface area contributed by atoms with Crippen molar-refractivity contribution in [3.8, 4) is 5.75 Å². The summed E-state index contributed by atoms with van der Waals surface area (Å²) in [5, 5.41) is 0. The molecule has 0 aliphatic carbocycles. The van der Waals surface area contributed by atoms with E-state index >= 15 is 0 Å². The van der Waals surface area contributed by atoms with E-state index in [9.17, 15) is 14.0 Å². The molecule has 1 fully saturated rings. The number of halogens is 1. The van der Waals surface area contributed by atoms with Gasteiger partial charge in [0.15, 0.2) is 0 Å². The average molecular weight is 385 g/mol. The Kier molecular flexibility index (Phi) is 6.13. The molecule has 1 saturated heterocycles. The van der Waals surface area contributed by atoms with Gasteiger partial charge < -0.3 is 19.4 Å². The van der Waals surface area contributed by atoms with E-state index in [2.05, 4.69) is 4.90 Å². The van der Waals surface area contributed by atoms with Crippen molar-refractivity contribution in [2.75, 3.05) is 49.6 Å². The fraction of sp³-hybridized carbons (Fsp3) is 0.333. The summed E-state index contributed by atoms with van der Waals surface area (Å²) in [6.45, 7) is 3.71. The van der Waals surface area contributed by atoms with E-state index in [4.69, 9.17) is 4.74 Å². The number of piperazine rings is 1. The van der Waals surface area contributed by atoms with Gasteiger partial charge in [0.2, 0.25) is 11.8 Å². The van der Waals surface area contributed by atoms with Crippen LogP contribution in [0.4, 0.5) is 15.8 Å². The van der Waals surface area contributed by atoms with Crippen molar-refractivity contribution in [3.05, 3.63) is 54.3 Å². The van der Waals surface area contributed by atoms with E-state index in [1.165, 1.54) is 30.0 Å². The number of benzene rings is 2. The molecule has 1 heterocycles. The third kappa shape index (κ3) is 4.42. The fourth-order valence-electron chi connectivity index (χ4n) is 3.35. The number of rotatable bonds is 5. The Morgan fingerprint density at radius 3 is 2.43 bits per heavy atom. The number of hydrogen-bond donors (Lipinski definition) is 0. The van der Waals surface area contributed by atoms with Crippen LogP contribution in [0, 0.1) is 5.82 Å². The van der Waals surface area contributed by atoms with Crippen LogP contribution >= 0.6 is 0 Å². The van der Waals surface area contributed by atoms with Gasteiger partial charge in [0, 0.05) is 38.8 Å². The monoisotopic (exact) mass is 385 g/mol. The van der Waals surface area contributed by atoms with Gasteiger partial charge in [-0.25, -0.2) is 4.39 Å². The van der Waals surface area contributed by atoms with E-state index in [1.807, 2.05) is 24.3 Å². The maximum Gasteiger partial charge on any atom is 0.242 e. The SMILES string of the molecule is COc1ccccc1N1CCN(C(=O)CN(C(C)=O)c2cccc(F)c2)CC1. The van der Waals surface area contributed by atoms with Gasteiger partial charge in [-0.15, -0.1) is 0 Å². The molecule has 0 radical (unpaired) electrons. The van der Waals surface area contributed by atoms with Gasteiger partial charge in [-0.05, 0) is 30.3 Å². The maximum atomic E-state index is 13.5. The standard InChI is InChI=1S/C21H24FN3O3/c1-16(26)25(18-7-5-6-17(22)14-18)15-21(27)24-12-10-23(11-13-24)19-8-3-4-9-20(19)28-2/h3-9,14H,10-13,15H2,1-2H3. The van der Waals surface area contributed by atoms with Crippen molar-refractivity contribution in [3.63, 3.8) is 0 Å². The highest BCUT2D eigenvalue weighted by Gasteiger charge is 2.25.